The molecule has 28 heavy (non-hydrogen) atoms. The number of hydrogen-bond acceptors (Lipinski definition) is 4. The second kappa shape index (κ2) is 8.11. The zero-order valence-electron chi connectivity index (χ0n) is 15.9. The Hall–Kier alpha value is -2.72. The lowest BCUT2D eigenvalue weighted by Crippen LogP contribution is -2.28. The molecule has 0 radical (unpaired) electrons. The minimum atomic E-state index is 0.0778. The molecule has 5 heteroatoms. The van der Waals surface area contributed by atoms with Gasteiger partial charge < -0.3 is 14.5 Å². The Morgan fingerprint density at radius 1 is 1.07 bits per heavy atom. The quantitative estimate of drug-likeness (QED) is 0.655. The van der Waals surface area contributed by atoms with Crippen LogP contribution in [0.15, 0.2) is 66.6 Å². The number of ketones is 1. The fourth-order valence-corrected chi connectivity index (χ4v) is 3.80. The highest BCUT2D eigenvalue weighted by Gasteiger charge is 2.29. The van der Waals surface area contributed by atoms with Crippen molar-refractivity contribution < 1.29 is 9.53 Å². The van der Waals surface area contributed by atoms with E-state index in [4.69, 9.17) is 16.3 Å². The highest BCUT2D eigenvalue weighted by atomic mass is 35.5. The Kier molecular flexibility index (Phi) is 5.40. The maximum Gasteiger partial charge on any atom is 0.182 e. The van der Waals surface area contributed by atoms with Crippen molar-refractivity contribution in [1.29, 1.82) is 0 Å². The summed E-state index contributed by atoms with van der Waals surface area (Å²) in [6.45, 7) is 1.26. The molecule has 0 N–H and O–H groups in total. The van der Waals surface area contributed by atoms with E-state index in [9.17, 15) is 4.79 Å². The second-order valence-electron chi connectivity index (χ2n) is 7.01. The van der Waals surface area contributed by atoms with Crippen LogP contribution in [0.25, 0.3) is 5.70 Å². The number of hydrogen-bond donors (Lipinski definition) is 0. The molecule has 2 aromatic rings. The molecule has 4 nitrogen and oxygen atoms in total. The van der Waals surface area contributed by atoms with Crippen LogP contribution in [0.3, 0.4) is 0 Å². The Morgan fingerprint density at radius 3 is 2.54 bits per heavy atom. The zero-order chi connectivity index (χ0) is 19.5. The van der Waals surface area contributed by atoms with Gasteiger partial charge in [0.15, 0.2) is 5.78 Å². The minimum Gasteiger partial charge on any atom is -0.497 e. The largest absolute Gasteiger partial charge is 0.497 e. The van der Waals surface area contributed by atoms with Gasteiger partial charge in [-0.15, -0.1) is 0 Å². The molecule has 2 aromatic carbocycles. The summed E-state index contributed by atoms with van der Waals surface area (Å²) >= 11 is 5.95. The fraction of sp³-hybridized carbons (Fsp3) is 0.261. The molecule has 0 spiro atoms. The van der Waals surface area contributed by atoms with E-state index in [1.54, 1.807) is 31.4 Å². The van der Waals surface area contributed by atoms with Gasteiger partial charge in [0.25, 0.3) is 0 Å². The molecule has 0 fully saturated rings. The van der Waals surface area contributed by atoms with Gasteiger partial charge in [0, 0.05) is 23.3 Å². The smallest absolute Gasteiger partial charge is 0.182 e. The molecule has 2 aliphatic rings. The monoisotopic (exact) mass is 394 g/mol. The molecule has 0 amide bonds. The summed E-state index contributed by atoms with van der Waals surface area (Å²) in [7, 11) is 1.67. The molecule has 2 aliphatic heterocycles. The van der Waals surface area contributed by atoms with E-state index in [1.165, 1.54) is 0 Å². The first kappa shape index (κ1) is 18.6. The third-order valence-electron chi connectivity index (χ3n) is 5.17. The van der Waals surface area contributed by atoms with Crippen LogP contribution < -0.4 is 4.74 Å². The Labute approximate surface area is 170 Å². The molecule has 4 rings (SSSR count). The number of halogens is 1. The van der Waals surface area contributed by atoms with Crippen molar-refractivity contribution in [3.63, 3.8) is 0 Å². The summed E-state index contributed by atoms with van der Waals surface area (Å²) in [6, 6.07) is 15.2. The minimum absolute atomic E-state index is 0.0778. The lowest BCUT2D eigenvalue weighted by molar-refractivity contribution is 0.0962. The molecule has 0 atom stereocenters. The third kappa shape index (κ3) is 3.78. The van der Waals surface area contributed by atoms with Crippen molar-refractivity contribution in [2.45, 2.75) is 19.3 Å². The Balaban J connectivity index is 1.62. The third-order valence-corrected chi connectivity index (χ3v) is 5.42. The summed E-state index contributed by atoms with van der Waals surface area (Å²) in [5.41, 5.74) is 2.92. The molecular weight excluding hydrogens is 372 g/mol. The number of carbonyl (C=O) groups excluding carboxylic acids is 1. The van der Waals surface area contributed by atoms with Gasteiger partial charge in [-0.25, -0.2) is 0 Å². The van der Waals surface area contributed by atoms with E-state index in [1.807, 2.05) is 12.1 Å². The average Bonchev–Trinajstić information content (AvgIpc) is 2.89. The van der Waals surface area contributed by atoms with E-state index in [0.29, 0.717) is 17.1 Å². The molecule has 2 heterocycles. The SMILES string of the molecule is COc1ccc(C2=CN(CC(=O)c3ccc(Cl)cc3)C3=CCCCCN23)cc1. The number of ether oxygens (including phenoxy) is 1. The standard InChI is InChI=1S/C23H23ClN2O2/c1-28-20-12-8-17(9-13-20)21-15-25(23-5-3-2-4-14-26(21)23)16-22(27)18-6-10-19(24)11-7-18/h5-13,15H,2-4,14,16H2,1H3. The zero-order valence-corrected chi connectivity index (χ0v) is 16.7. The highest BCUT2D eigenvalue weighted by Crippen LogP contribution is 2.35. The number of allylic oxidation sites excluding steroid dienone is 1. The van der Waals surface area contributed by atoms with E-state index in [2.05, 4.69) is 34.2 Å². The lowest BCUT2D eigenvalue weighted by atomic mass is 10.1. The predicted molar refractivity (Wildman–Crippen MR) is 112 cm³/mol. The van der Waals surface area contributed by atoms with Crippen LogP contribution in [-0.2, 0) is 0 Å². The molecule has 0 saturated carbocycles. The Bertz CT molecular complexity index is 917. The van der Waals surface area contributed by atoms with Gasteiger partial charge in [-0.3, -0.25) is 4.79 Å². The van der Waals surface area contributed by atoms with Gasteiger partial charge in [-0.1, -0.05) is 11.6 Å². The summed E-state index contributed by atoms with van der Waals surface area (Å²) in [6.07, 6.45) is 7.66. The van der Waals surface area contributed by atoms with Gasteiger partial charge in [-0.05, 0) is 79.4 Å². The number of Topliss-reactive ketones (excluding diaryl/α,β-unsaturated/α-hetero) is 1. The summed E-state index contributed by atoms with van der Waals surface area (Å²) < 4.78 is 5.28. The lowest BCUT2D eigenvalue weighted by Gasteiger charge is -2.26. The fourth-order valence-electron chi connectivity index (χ4n) is 3.67. The van der Waals surface area contributed by atoms with Crippen molar-refractivity contribution in [3.05, 3.63) is 82.8 Å². The molecule has 0 aliphatic carbocycles. The maximum atomic E-state index is 12.8. The van der Waals surface area contributed by atoms with Crippen LogP contribution in [-0.4, -0.2) is 35.8 Å². The molecule has 0 bridgehead atoms. The van der Waals surface area contributed by atoms with Crippen molar-refractivity contribution >= 4 is 23.1 Å². The first-order valence-electron chi connectivity index (χ1n) is 9.55. The van der Waals surface area contributed by atoms with Crippen LogP contribution >= 0.6 is 11.6 Å². The number of carbonyl (C=O) groups is 1. The topological polar surface area (TPSA) is 32.8 Å². The molecule has 0 aromatic heterocycles. The van der Waals surface area contributed by atoms with Crippen LogP contribution in [0.5, 0.6) is 5.75 Å². The van der Waals surface area contributed by atoms with Crippen molar-refractivity contribution in [1.82, 2.24) is 9.80 Å². The average molecular weight is 395 g/mol. The van der Waals surface area contributed by atoms with Crippen molar-refractivity contribution in [2.75, 3.05) is 20.2 Å². The van der Waals surface area contributed by atoms with Crippen molar-refractivity contribution in [2.24, 2.45) is 0 Å². The maximum absolute atomic E-state index is 12.8. The van der Waals surface area contributed by atoms with Gasteiger partial charge in [0.05, 0.1) is 19.4 Å². The van der Waals surface area contributed by atoms with Crippen LogP contribution in [0.2, 0.25) is 5.02 Å². The highest BCUT2D eigenvalue weighted by molar-refractivity contribution is 6.30. The van der Waals surface area contributed by atoms with Gasteiger partial charge in [-0.2, -0.15) is 0 Å². The van der Waals surface area contributed by atoms with Gasteiger partial charge >= 0.3 is 0 Å². The van der Waals surface area contributed by atoms with Crippen LogP contribution in [0.1, 0.15) is 35.2 Å². The number of fused-ring (bicyclic) bond motifs is 1. The number of benzene rings is 2. The molecule has 0 saturated heterocycles. The normalized spacial score (nSPS) is 16.2. The van der Waals surface area contributed by atoms with Crippen molar-refractivity contribution in [3.8, 4) is 5.75 Å². The number of rotatable bonds is 5. The molecule has 0 unspecified atom stereocenters. The summed E-state index contributed by atoms with van der Waals surface area (Å²) in [5.74, 6) is 2.02. The van der Waals surface area contributed by atoms with E-state index in [0.717, 1.165) is 48.6 Å². The first-order chi connectivity index (χ1) is 13.7. The van der Waals surface area contributed by atoms with E-state index in [-0.39, 0.29) is 5.78 Å². The predicted octanol–water partition coefficient (Wildman–Crippen LogP) is 5.17. The number of methoxy groups -OCH3 is 1. The van der Waals surface area contributed by atoms with Crippen LogP contribution in [0, 0.1) is 0 Å². The van der Waals surface area contributed by atoms with Crippen LogP contribution in [0.4, 0.5) is 0 Å². The summed E-state index contributed by atoms with van der Waals surface area (Å²) in [4.78, 5) is 17.2. The van der Waals surface area contributed by atoms with E-state index >= 15 is 0 Å². The first-order valence-corrected chi connectivity index (χ1v) is 9.93. The summed E-state index contributed by atoms with van der Waals surface area (Å²) in [5, 5.41) is 0.636. The Morgan fingerprint density at radius 2 is 1.82 bits per heavy atom. The second-order valence-corrected chi connectivity index (χ2v) is 7.45. The van der Waals surface area contributed by atoms with E-state index < -0.39 is 0 Å². The van der Waals surface area contributed by atoms with Gasteiger partial charge in [0.2, 0.25) is 0 Å². The number of nitrogens with zero attached hydrogens (tertiary/aromatic N) is 2. The van der Waals surface area contributed by atoms with Gasteiger partial charge in [0.1, 0.15) is 11.6 Å². The molecule has 144 valence electrons. The molecular formula is C23H23ClN2O2.